The first kappa shape index (κ1) is 14.2. The zero-order valence-electron chi connectivity index (χ0n) is 10.8. The summed E-state index contributed by atoms with van der Waals surface area (Å²) in [6.45, 7) is 0.818. The van der Waals surface area contributed by atoms with Crippen molar-refractivity contribution in [3.05, 3.63) is 16.1 Å². The Morgan fingerprint density at radius 3 is 3.16 bits per heavy atom. The van der Waals surface area contributed by atoms with E-state index < -0.39 is 6.17 Å². The van der Waals surface area contributed by atoms with Gasteiger partial charge in [-0.15, -0.1) is 11.3 Å². The lowest BCUT2D eigenvalue weighted by Gasteiger charge is -2.15. The van der Waals surface area contributed by atoms with E-state index in [-0.39, 0.29) is 12.1 Å². The molecule has 1 fully saturated rings. The minimum absolute atomic E-state index is 0.337. The summed E-state index contributed by atoms with van der Waals surface area (Å²) in [5, 5.41) is 8.10. The predicted molar refractivity (Wildman–Crippen MR) is 70.7 cm³/mol. The van der Waals surface area contributed by atoms with Gasteiger partial charge in [0.05, 0.1) is 24.9 Å². The fourth-order valence-electron chi connectivity index (χ4n) is 2.09. The van der Waals surface area contributed by atoms with Gasteiger partial charge >= 0.3 is 6.03 Å². The fraction of sp³-hybridized carbons (Fsp3) is 0.667. The third-order valence-corrected chi connectivity index (χ3v) is 3.92. The van der Waals surface area contributed by atoms with Gasteiger partial charge in [-0.2, -0.15) is 0 Å². The molecule has 0 bridgehead atoms. The molecule has 0 spiro atoms. The molecule has 19 heavy (non-hydrogen) atoms. The Morgan fingerprint density at radius 2 is 2.47 bits per heavy atom. The topological polar surface area (TPSA) is 63.2 Å². The maximum atomic E-state index is 13.3. The van der Waals surface area contributed by atoms with Gasteiger partial charge in [0.25, 0.3) is 0 Å². The monoisotopic (exact) mass is 287 g/mol. The number of nitrogens with zero attached hydrogens (tertiary/aromatic N) is 1. The van der Waals surface area contributed by atoms with Gasteiger partial charge in [0, 0.05) is 12.5 Å². The molecule has 1 aromatic heterocycles. The highest BCUT2D eigenvalue weighted by molar-refractivity contribution is 7.09. The van der Waals surface area contributed by atoms with Crippen LogP contribution in [0.3, 0.4) is 0 Å². The Kier molecular flexibility index (Phi) is 5.09. The van der Waals surface area contributed by atoms with Crippen molar-refractivity contribution in [3.8, 4) is 0 Å². The largest absolute Gasteiger partial charge is 0.378 e. The van der Waals surface area contributed by atoms with Crippen molar-refractivity contribution in [2.45, 2.75) is 44.6 Å². The van der Waals surface area contributed by atoms with Crippen LogP contribution in [0.2, 0.25) is 0 Å². The van der Waals surface area contributed by atoms with E-state index >= 15 is 0 Å². The summed E-state index contributed by atoms with van der Waals surface area (Å²) < 4.78 is 18.3. The second-order valence-electron chi connectivity index (χ2n) is 4.55. The molecule has 1 aliphatic rings. The smallest absolute Gasteiger partial charge is 0.315 e. The van der Waals surface area contributed by atoms with Gasteiger partial charge in [-0.25, -0.2) is 14.2 Å². The van der Waals surface area contributed by atoms with Gasteiger partial charge in [0.2, 0.25) is 0 Å². The summed E-state index contributed by atoms with van der Waals surface area (Å²) in [5.41, 5.74) is 0.787. The molecular formula is C12H18FN3O2S. The van der Waals surface area contributed by atoms with Crippen LogP contribution in [0.1, 0.15) is 30.0 Å². The first-order valence-corrected chi connectivity index (χ1v) is 7.17. The van der Waals surface area contributed by atoms with E-state index in [2.05, 4.69) is 15.6 Å². The van der Waals surface area contributed by atoms with Crippen LogP contribution in [0.15, 0.2) is 5.38 Å². The summed E-state index contributed by atoms with van der Waals surface area (Å²) in [7, 11) is 1.61. The van der Waals surface area contributed by atoms with Crippen molar-refractivity contribution in [1.82, 2.24) is 15.6 Å². The number of urea groups is 1. The molecule has 1 aromatic rings. The second-order valence-corrected chi connectivity index (χ2v) is 5.49. The predicted octanol–water partition coefficient (Wildman–Crippen LogP) is 1.98. The lowest BCUT2D eigenvalue weighted by atomic mass is 10.2. The SMILES string of the molecule is COCc1nc(CNC(=O)N[C@H]2CCC[C@H]2F)cs1. The van der Waals surface area contributed by atoms with Crippen LogP contribution in [0.25, 0.3) is 0 Å². The molecule has 0 saturated heterocycles. The number of aromatic nitrogens is 1. The number of hydrogen-bond donors (Lipinski definition) is 2. The van der Waals surface area contributed by atoms with Crippen molar-refractivity contribution in [2.24, 2.45) is 0 Å². The van der Waals surface area contributed by atoms with Gasteiger partial charge in [-0.1, -0.05) is 0 Å². The third kappa shape index (κ3) is 4.14. The highest BCUT2D eigenvalue weighted by Gasteiger charge is 2.28. The molecule has 2 atom stereocenters. The normalized spacial score (nSPS) is 22.4. The van der Waals surface area contributed by atoms with E-state index in [4.69, 9.17) is 4.74 Å². The minimum Gasteiger partial charge on any atom is -0.378 e. The number of methoxy groups -OCH3 is 1. The number of amides is 2. The number of carbonyl (C=O) groups excluding carboxylic acids is 1. The van der Waals surface area contributed by atoms with Crippen molar-refractivity contribution in [3.63, 3.8) is 0 Å². The summed E-state index contributed by atoms with van der Waals surface area (Å²) in [5.74, 6) is 0. The van der Waals surface area contributed by atoms with Crippen molar-refractivity contribution >= 4 is 17.4 Å². The fourth-order valence-corrected chi connectivity index (χ4v) is 2.85. The highest BCUT2D eigenvalue weighted by Crippen LogP contribution is 2.21. The van der Waals surface area contributed by atoms with E-state index in [1.54, 1.807) is 7.11 Å². The van der Waals surface area contributed by atoms with Crippen molar-refractivity contribution in [2.75, 3.05) is 7.11 Å². The van der Waals surface area contributed by atoms with Crippen LogP contribution in [-0.2, 0) is 17.9 Å². The van der Waals surface area contributed by atoms with Crippen LogP contribution < -0.4 is 10.6 Å². The molecule has 1 aliphatic carbocycles. The van der Waals surface area contributed by atoms with Crippen molar-refractivity contribution < 1.29 is 13.9 Å². The van der Waals surface area contributed by atoms with Crippen LogP contribution >= 0.6 is 11.3 Å². The Bertz CT molecular complexity index is 427. The second kappa shape index (κ2) is 6.81. The van der Waals surface area contributed by atoms with Gasteiger partial charge in [-0.05, 0) is 19.3 Å². The third-order valence-electron chi connectivity index (χ3n) is 3.05. The zero-order chi connectivity index (χ0) is 13.7. The quantitative estimate of drug-likeness (QED) is 0.870. The summed E-state index contributed by atoms with van der Waals surface area (Å²) >= 11 is 1.49. The summed E-state index contributed by atoms with van der Waals surface area (Å²) in [6.07, 6.45) is 1.16. The number of nitrogens with one attached hydrogen (secondary N) is 2. The van der Waals surface area contributed by atoms with E-state index in [0.717, 1.165) is 17.1 Å². The molecule has 2 rings (SSSR count). The number of rotatable bonds is 5. The van der Waals surface area contributed by atoms with E-state index in [1.165, 1.54) is 11.3 Å². The van der Waals surface area contributed by atoms with Crippen LogP contribution in [0.4, 0.5) is 9.18 Å². The first-order chi connectivity index (χ1) is 9.19. The van der Waals surface area contributed by atoms with Crippen LogP contribution in [0.5, 0.6) is 0 Å². The molecule has 1 saturated carbocycles. The molecule has 0 radical (unpaired) electrons. The number of hydrogen-bond acceptors (Lipinski definition) is 4. The Labute approximate surface area is 115 Å². The number of carbonyl (C=O) groups is 1. The van der Waals surface area contributed by atoms with Crippen LogP contribution in [-0.4, -0.2) is 30.3 Å². The van der Waals surface area contributed by atoms with Crippen molar-refractivity contribution in [1.29, 1.82) is 0 Å². The number of thiazole rings is 1. The van der Waals surface area contributed by atoms with Gasteiger partial charge < -0.3 is 15.4 Å². The van der Waals surface area contributed by atoms with E-state index in [1.807, 2.05) is 5.38 Å². The maximum Gasteiger partial charge on any atom is 0.315 e. The van der Waals surface area contributed by atoms with Gasteiger partial charge in [-0.3, -0.25) is 0 Å². The highest BCUT2D eigenvalue weighted by atomic mass is 32.1. The summed E-state index contributed by atoms with van der Waals surface area (Å²) in [6, 6.07) is -0.685. The standard InChI is InChI=1S/C12H18FN3O2S/c1-18-6-11-15-8(7-19-11)5-14-12(17)16-10-4-2-3-9(10)13/h7,9-10H,2-6H2,1H3,(H2,14,16,17)/t9-,10+/m1/s1. The van der Waals surface area contributed by atoms with Gasteiger partial charge in [0.1, 0.15) is 11.2 Å². The zero-order valence-corrected chi connectivity index (χ0v) is 11.6. The summed E-state index contributed by atoms with van der Waals surface area (Å²) in [4.78, 5) is 15.9. The molecular weight excluding hydrogens is 269 g/mol. The molecule has 2 N–H and O–H groups in total. The Morgan fingerprint density at radius 1 is 1.63 bits per heavy atom. The number of halogens is 1. The van der Waals surface area contributed by atoms with E-state index in [9.17, 15) is 9.18 Å². The Hall–Kier alpha value is -1.21. The average molecular weight is 287 g/mol. The molecule has 0 aromatic carbocycles. The van der Waals surface area contributed by atoms with E-state index in [0.29, 0.717) is 26.0 Å². The number of alkyl halides is 1. The molecule has 5 nitrogen and oxygen atoms in total. The molecule has 7 heteroatoms. The minimum atomic E-state index is -0.918. The first-order valence-electron chi connectivity index (χ1n) is 6.29. The number of ether oxygens (including phenoxy) is 1. The molecule has 2 amide bonds. The molecule has 106 valence electrons. The Balaban J connectivity index is 1.73. The average Bonchev–Trinajstić information content (AvgIpc) is 2.98. The lowest BCUT2D eigenvalue weighted by Crippen LogP contribution is -2.44. The van der Waals surface area contributed by atoms with Crippen LogP contribution in [0, 0.1) is 0 Å². The lowest BCUT2D eigenvalue weighted by molar-refractivity contribution is 0.184. The molecule has 0 unspecified atom stereocenters. The molecule has 1 heterocycles. The van der Waals surface area contributed by atoms with Gasteiger partial charge in [0.15, 0.2) is 0 Å². The molecule has 0 aliphatic heterocycles. The maximum absolute atomic E-state index is 13.3.